The SMILES string of the molecule is Cc1ccccc1CC(=O)N1Cc2ccccc2[C@H](c2ccccc2)C1. The van der Waals surface area contributed by atoms with E-state index >= 15 is 0 Å². The van der Waals surface area contributed by atoms with E-state index in [0.29, 0.717) is 13.0 Å². The van der Waals surface area contributed by atoms with E-state index in [4.69, 9.17) is 0 Å². The van der Waals surface area contributed by atoms with Crippen molar-refractivity contribution in [2.24, 2.45) is 0 Å². The predicted octanol–water partition coefficient (Wildman–Crippen LogP) is 4.71. The van der Waals surface area contributed by atoms with Gasteiger partial charge in [-0.1, -0.05) is 78.9 Å². The Morgan fingerprint density at radius 3 is 2.42 bits per heavy atom. The summed E-state index contributed by atoms with van der Waals surface area (Å²) in [6.45, 7) is 3.51. The molecular formula is C24H23NO. The van der Waals surface area contributed by atoms with E-state index in [2.05, 4.69) is 67.6 Å². The predicted molar refractivity (Wildman–Crippen MR) is 105 cm³/mol. The van der Waals surface area contributed by atoms with E-state index in [9.17, 15) is 4.79 Å². The van der Waals surface area contributed by atoms with E-state index in [1.165, 1.54) is 22.3 Å². The smallest absolute Gasteiger partial charge is 0.227 e. The van der Waals surface area contributed by atoms with Crippen molar-refractivity contribution in [1.82, 2.24) is 4.90 Å². The molecule has 0 unspecified atom stereocenters. The molecule has 2 nitrogen and oxygen atoms in total. The fraction of sp³-hybridized carbons (Fsp3) is 0.208. The molecule has 26 heavy (non-hydrogen) atoms. The normalized spacial score (nSPS) is 16.2. The Hall–Kier alpha value is -2.87. The molecule has 0 fully saturated rings. The van der Waals surface area contributed by atoms with Gasteiger partial charge in [0.2, 0.25) is 5.91 Å². The first-order valence-corrected chi connectivity index (χ1v) is 9.17. The number of benzene rings is 3. The highest BCUT2D eigenvalue weighted by molar-refractivity contribution is 5.79. The molecule has 0 aliphatic carbocycles. The minimum absolute atomic E-state index is 0.203. The van der Waals surface area contributed by atoms with Crippen molar-refractivity contribution >= 4 is 5.91 Å². The number of carbonyl (C=O) groups is 1. The standard InChI is InChI=1S/C24H23NO/c1-18-9-5-6-12-20(18)15-24(26)25-16-21-13-7-8-14-22(21)23(17-25)19-10-3-2-4-11-19/h2-14,23H,15-17H2,1H3/t23-/m0/s1. The third-order valence-corrected chi connectivity index (χ3v) is 5.35. The fourth-order valence-electron chi connectivity index (χ4n) is 3.85. The molecule has 3 aromatic carbocycles. The number of aryl methyl sites for hydroxylation is 1. The molecule has 0 saturated heterocycles. The summed E-state index contributed by atoms with van der Waals surface area (Å²) >= 11 is 0. The van der Waals surface area contributed by atoms with E-state index in [0.717, 1.165) is 12.1 Å². The minimum atomic E-state index is 0.203. The van der Waals surface area contributed by atoms with Crippen molar-refractivity contribution < 1.29 is 4.79 Å². The summed E-state index contributed by atoms with van der Waals surface area (Å²) < 4.78 is 0. The molecule has 1 amide bonds. The maximum Gasteiger partial charge on any atom is 0.227 e. The van der Waals surface area contributed by atoms with Crippen LogP contribution in [0.5, 0.6) is 0 Å². The number of carbonyl (C=O) groups excluding carboxylic acids is 1. The first-order valence-electron chi connectivity index (χ1n) is 9.17. The zero-order valence-corrected chi connectivity index (χ0v) is 15.1. The molecule has 0 aromatic heterocycles. The molecule has 0 radical (unpaired) electrons. The lowest BCUT2D eigenvalue weighted by Crippen LogP contribution is -2.39. The van der Waals surface area contributed by atoms with Crippen LogP contribution >= 0.6 is 0 Å². The van der Waals surface area contributed by atoms with Gasteiger partial charge in [0.15, 0.2) is 0 Å². The zero-order chi connectivity index (χ0) is 17.9. The lowest BCUT2D eigenvalue weighted by Gasteiger charge is -2.35. The van der Waals surface area contributed by atoms with Gasteiger partial charge >= 0.3 is 0 Å². The minimum Gasteiger partial charge on any atom is -0.337 e. The van der Waals surface area contributed by atoms with Crippen LogP contribution < -0.4 is 0 Å². The van der Waals surface area contributed by atoms with Gasteiger partial charge in [0.1, 0.15) is 0 Å². The van der Waals surface area contributed by atoms with E-state index in [-0.39, 0.29) is 11.8 Å². The number of amides is 1. The summed E-state index contributed by atoms with van der Waals surface area (Å²) in [4.78, 5) is 15.1. The van der Waals surface area contributed by atoms with Crippen LogP contribution in [-0.2, 0) is 17.8 Å². The van der Waals surface area contributed by atoms with Crippen LogP contribution in [0.4, 0.5) is 0 Å². The van der Waals surface area contributed by atoms with Gasteiger partial charge in [0.25, 0.3) is 0 Å². The molecular weight excluding hydrogens is 318 g/mol. The number of rotatable bonds is 3. The molecule has 1 heterocycles. The summed E-state index contributed by atoms with van der Waals surface area (Å²) in [5.74, 6) is 0.441. The van der Waals surface area contributed by atoms with Crippen molar-refractivity contribution in [3.05, 3.63) is 107 Å². The van der Waals surface area contributed by atoms with Gasteiger partial charge in [0, 0.05) is 19.0 Å². The lowest BCUT2D eigenvalue weighted by atomic mass is 9.84. The van der Waals surface area contributed by atoms with Crippen molar-refractivity contribution in [2.45, 2.75) is 25.8 Å². The quantitative estimate of drug-likeness (QED) is 0.675. The van der Waals surface area contributed by atoms with E-state index in [1.807, 2.05) is 23.1 Å². The number of hydrogen-bond acceptors (Lipinski definition) is 1. The topological polar surface area (TPSA) is 20.3 Å². The van der Waals surface area contributed by atoms with Crippen molar-refractivity contribution in [3.63, 3.8) is 0 Å². The Labute approximate surface area is 155 Å². The molecule has 2 heteroatoms. The average molecular weight is 341 g/mol. The summed E-state index contributed by atoms with van der Waals surface area (Å²) in [6.07, 6.45) is 0.469. The molecule has 130 valence electrons. The van der Waals surface area contributed by atoms with Crippen LogP contribution in [0.25, 0.3) is 0 Å². The maximum absolute atomic E-state index is 13.0. The highest BCUT2D eigenvalue weighted by Crippen LogP contribution is 2.33. The van der Waals surface area contributed by atoms with Crippen LogP contribution in [-0.4, -0.2) is 17.4 Å². The Bertz CT molecular complexity index is 916. The Morgan fingerprint density at radius 2 is 1.62 bits per heavy atom. The molecule has 0 spiro atoms. The third kappa shape index (κ3) is 3.28. The number of fused-ring (bicyclic) bond motifs is 1. The molecule has 1 aliphatic rings. The van der Waals surface area contributed by atoms with Gasteiger partial charge in [0.05, 0.1) is 6.42 Å². The second kappa shape index (κ2) is 7.17. The second-order valence-corrected chi connectivity index (χ2v) is 7.04. The van der Waals surface area contributed by atoms with Gasteiger partial charge in [-0.05, 0) is 34.7 Å². The van der Waals surface area contributed by atoms with Crippen molar-refractivity contribution in [1.29, 1.82) is 0 Å². The molecule has 0 bridgehead atoms. The second-order valence-electron chi connectivity index (χ2n) is 7.04. The largest absolute Gasteiger partial charge is 0.337 e. The Kier molecular flexibility index (Phi) is 4.57. The van der Waals surface area contributed by atoms with Crippen LogP contribution in [0.1, 0.15) is 33.7 Å². The van der Waals surface area contributed by atoms with Gasteiger partial charge in [-0.2, -0.15) is 0 Å². The van der Waals surface area contributed by atoms with Crippen molar-refractivity contribution in [3.8, 4) is 0 Å². The lowest BCUT2D eigenvalue weighted by molar-refractivity contribution is -0.131. The molecule has 1 aliphatic heterocycles. The molecule has 0 N–H and O–H groups in total. The first-order chi connectivity index (χ1) is 12.7. The van der Waals surface area contributed by atoms with E-state index in [1.54, 1.807) is 0 Å². The summed E-state index contributed by atoms with van der Waals surface area (Å²) in [5, 5.41) is 0. The van der Waals surface area contributed by atoms with Gasteiger partial charge in [-0.15, -0.1) is 0 Å². The van der Waals surface area contributed by atoms with Crippen molar-refractivity contribution in [2.75, 3.05) is 6.54 Å². The fourth-order valence-corrected chi connectivity index (χ4v) is 3.85. The zero-order valence-electron chi connectivity index (χ0n) is 15.1. The number of hydrogen-bond donors (Lipinski definition) is 0. The molecule has 0 saturated carbocycles. The van der Waals surface area contributed by atoms with Gasteiger partial charge in [-0.3, -0.25) is 4.79 Å². The highest BCUT2D eigenvalue weighted by Gasteiger charge is 2.28. The summed E-state index contributed by atoms with van der Waals surface area (Å²) in [7, 11) is 0. The monoisotopic (exact) mass is 341 g/mol. The van der Waals surface area contributed by atoms with Crippen LogP contribution in [0.3, 0.4) is 0 Å². The number of nitrogens with zero attached hydrogens (tertiary/aromatic N) is 1. The van der Waals surface area contributed by atoms with Gasteiger partial charge in [-0.25, -0.2) is 0 Å². The first kappa shape index (κ1) is 16.6. The van der Waals surface area contributed by atoms with Gasteiger partial charge < -0.3 is 4.90 Å². The molecule has 4 rings (SSSR count). The highest BCUT2D eigenvalue weighted by atomic mass is 16.2. The van der Waals surface area contributed by atoms with Crippen LogP contribution in [0.2, 0.25) is 0 Å². The van der Waals surface area contributed by atoms with Crippen LogP contribution in [0, 0.1) is 6.92 Å². The van der Waals surface area contributed by atoms with Crippen LogP contribution in [0.15, 0.2) is 78.9 Å². The maximum atomic E-state index is 13.0. The molecule has 3 aromatic rings. The summed E-state index contributed by atoms with van der Waals surface area (Å²) in [6, 6.07) is 27.2. The third-order valence-electron chi connectivity index (χ3n) is 5.35. The Balaban J connectivity index is 1.63. The molecule has 1 atom stereocenters. The summed E-state index contributed by atoms with van der Waals surface area (Å²) in [5.41, 5.74) is 6.17. The average Bonchev–Trinajstić information content (AvgIpc) is 2.69. The Morgan fingerprint density at radius 1 is 0.923 bits per heavy atom. The van der Waals surface area contributed by atoms with E-state index < -0.39 is 0 Å².